The van der Waals surface area contributed by atoms with Crippen LogP contribution in [0.2, 0.25) is 0 Å². The van der Waals surface area contributed by atoms with E-state index in [1.54, 1.807) is 19.2 Å². The number of nitrogens with one attached hydrogen (secondary N) is 2. The number of methoxy groups -OCH3 is 1. The molecule has 3 aromatic rings. The molecule has 0 aliphatic heterocycles. The predicted molar refractivity (Wildman–Crippen MR) is 130 cm³/mol. The van der Waals surface area contributed by atoms with Crippen molar-refractivity contribution < 1.29 is 9.66 Å². The maximum absolute atomic E-state index is 11.1. The van der Waals surface area contributed by atoms with Crippen LogP contribution in [0.1, 0.15) is 31.2 Å². The second-order valence-corrected chi connectivity index (χ2v) is 8.61. The molecule has 1 fully saturated rings. The smallest absolute Gasteiger partial charge is 0.270 e. The molecule has 0 amide bonds. The number of nitro groups is 1. The van der Waals surface area contributed by atoms with Crippen molar-refractivity contribution in [3.63, 3.8) is 0 Å². The van der Waals surface area contributed by atoms with Crippen molar-refractivity contribution in [2.24, 2.45) is 0 Å². The summed E-state index contributed by atoms with van der Waals surface area (Å²) in [4.78, 5) is 22.2. The van der Waals surface area contributed by atoms with Gasteiger partial charge in [0.15, 0.2) is 0 Å². The van der Waals surface area contributed by atoms with E-state index < -0.39 is 0 Å². The van der Waals surface area contributed by atoms with Crippen LogP contribution in [0.25, 0.3) is 10.9 Å². The molecule has 0 radical (unpaired) electrons. The average molecular weight is 451 g/mol. The van der Waals surface area contributed by atoms with E-state index in [0.29, 0.717) is 30.3 Å². The normalized spacial score (nSPS) is 18.2. The van der Waals surface area contributed by atoms with Gasteiger partial charge < -0.3 is 20.3 Å². The van der Waals surface area contributed by atoms with Crippen molar-refractivity contribution in [3.05, 3.63) is 58.1 Å². The summed E-state index contributed by atoms with van der Waals surface area (Å²) < 4.78 is 5.37. The standard InChI is InChI=1S/C24H30N6O3/c1-29(2)23-20-6-4-5-7-21(20)27-24(28-23)26-18-10-8-17(9-11-18)25-15-16-14-19(30(31)32)12-13-22(16)33-3/h4-7,12-14,17-18,25H,8-11,15H2,1-3H3,(H,26,27,28). The summed E-state index contributed by atoms with van der Waals surface area (Å²) in [6.07, 6.45) is 4.00. The number of para-hydroxylation sites is 1. The van der Waals surface area contributed by atoms with Crippen LogP contribution in [-0.2, 0) is 6.54 Å². The fraction of sp³-hybridized carbons (Fsp3) is 0.417. The molecule has 33 heavy (non-hydrogen) atoms. The van der Waals surface area contributed by atoms with Crippen LogP contribution in [0.3, 0.4) is 0 Å². The summed E-state index contributed by atoms with van der Waals surface area (Å²) >= 11 is 0. The molecule has 2 aromatic carbocycles. The third-order valence-corrected chi connectivity index (χ3v) is 6.12. The average Bonchev–Trinajstić information content (AvgIpc) is 2.82. The molecule has 0 unspecified atom stereocenters. The number of rotatable bonds is 8. The Morgan fingerprint density at radius 3 is 2.52 bits per heavy atom. The number of aromatic nitrogens is 2. The number of nitro benzene ring substituents is 1. The van der Waals surface area contributed by atoms with E-state index in [9.17, 15) is 10.1 Å². The van der Waals surface area contributed by atoms with Gasteiger partial charge in [0.05, 0.1) is 17.5 Å². The molecule has 1 saturated carbocycles. The number of fused-ring (bicyclic) bond motifs is 1. The molecule has 1 aliphatic carbocycles. The first-order chi connectivity index (χ1) is 15.9. The van der Waals surface area contributed by atoms with Crippen LogP contribution in [0.4, 0.5) is 17.5 Å². The minimum Gasteiger partial charge on any atom is -0.496 e. The van der Waals surface area contributed by atoms with Crippen molar-refractivity contribution in [2.45, 2.75) is 44.3 Å². The van der Waals surface area contributed by atoms with Gasteiger partial charge >= 0.3 is 0 Å². The van der Waals surface area contributed by atoms with Crippen molar-refractivity contribution in [1.82, 2.24) is 15.3 Å². The first kappa shape index (κ1) is 22.7. The van der Waals surface area contributed by atoms with Crippen LogP contribution in [0.15, 0.2) is 42.5 Å². The monoisotopic (exact) mass is 450 g/mol. The highest BCUT2D eigenvalue weighted by molar-refractivity contribution is 5.90. The van der Waals surface area contributed by atoms with Gasteiger partial charge in [-0.1, -0.05) is 12.1 Å². The molecule has 9 nitrogen and oxygen atoms in total. The van der Waals surface area contributed by atoms with E-state index in [2.05, 4.69) is 10.6 Å². The molecule has 0 spiro atoms. The van der Waals surface area contributed by atoms with Gasteiger partial charge in [-0.25, -0.2) is 4.98 Å². The summed E-state index contributed by atoms with van der Waals surface area (Å²) in [5, 5.41) is 19.2. The molecule has 0 bridgehead atoms. The molecule has 0 atom stereocenters. The van der Waals surface area contributed by atoms with Crippen molar-refractivity contribution in [1.29, 1.82) is 0 Å². The Balaban J connectivity index is 1.35. The van der Waals surface area contributed by atoms with Gasteiger partial charge in [0.25, 0.3) is 5.69 Å². The second-order valence-electron chi connectivity index (χ2n) is 8.61. The lowest BCUT2D eigenvalue weighted by Gasteiger charge is -2.30. The number of benzene rings is 2. The number of nitrogens with zero attached hydrogens (tertiary/aromatic N) is 4. The van der Waals surface area contributed by atoms with E-state index in [0.717, 1.165) is 48.0 Å². The highest BCUT2D eigenvalue weighted by Gasteiger charge is 2.23. The molecule has 2 N–H and O–H groups in total. The lowest BCUT2D eigenvalue weighted by molar-refractivity contribution is -0.384. The highest BCUT2D eigenvalue weighted by Crippen LogP contribution is 2.28. The van der Waals surface area contributed by atoms with E-state index in [-0.39, 0.29) is 10.6 Å². The quantitative estimate of drug-likeness (QED) is 0.390. The molecular formula is C24H30N6O3. The van der Waals surface area contributed by atoms with Crippen LogP contribution in [-0.4, -0.2) is 48.2 Å². The van der Waals surface area contributed by atoms with E-state index in [4.69, 9.17) is 14.7 Å². The molecule has 1 aromatic heterocycles. The molecule has 4 rings (SSSR count). The maximum atomic E-state index is 11.1. The van der Waals surface area contributed by atoms with Crippen LogP contribution in [0.5, 0.6) is 5.75 Å². The third kappa shape index (κ3) is 5.31. The van der Waals surface area contributed by atoms with Gasteiger partial charge in [-0.3, -0.25) is 10.1 Å². The highest BCUT2D eigenvalue weighted by atomic mass is 16.6. The molecule has 1 aliphatic rings. The maximum Gasteiger partial charge on any atom is 0.270 e. The largest absolute Gasteiger partial charge is 0.496 e. The zero-order valence-corrected chi connectivity index (χ0v) is 19.2. The van der Waals surface area contributed by atoms with E-state index in [1.807, 2.05) is 43.3 Å². The minimum atomic E-state index is -0.379. The lowest BCUT2D eigenvalue weighted by Crippen LogP contribution is -2.37. The van der Waals surface area contributed by atoms with Crippen molar-refractivity contribution in [2.75, 3.05) is 31.4 Å². The molecule has 1 heterocycles. The fourth-order valence-electron chi connectivity index (χ4n) is 4.36. The van der Waals surface area contributed by atoms with Crippen LogP contribution >= 0.6 is 0 Å². The first-order valence-electron chi connectivity index (χ1n) is 11.2. The zero-order valence-electron chi connectivity index (χ0n) is 19.2. The molecular weight excluding hydrogens is 420 g/mol. The minimum absolute atomic E-state index is 0.0768. The van der Waals surface area contributed by atoms with Crippen molar-refractivity contribution >= 4 is 28.4 Å². The Hall–Kier alpha value is -3.46. The Labute approximate surface area is 193 Å². The Morgan fingerprint density at radius 2 is 1.82 bits per heavy atom. The van der Waals surface area contributed by atoms with Gasteiger partial charge in [0.1, 0.15) is 11.6 Å². The zero-order chi connectivity index (χ0) is 23.4. The van der Waals surface area contributed by atoms with E-state index in [1.165, 1.54) is 6.07 Å². The summed E-state index contributed by atoms with van der Waals surface area (Å²) in [7, 11) is 5.57. The number of hydrogen-bond donors (Lipinski definition) is 2. The summed E-state index contributed by atoms with van der Waals surface area (Å²) in [6, 6.07) is 13.4. The number of hydrogen-bond acceptors (Lipinski definition) is 8. The number of anilines is 2. The predicted octanol–water partition coefficient (Wildman–Crippen LogP) is 4.13. The summed E-state index contributed by atoms with van der Waals surface area (Å²) in [6.45, 7) is 0.535. The van der Waals surface area contributed by atoms with Crippen molar-refractivity contribution in [3.8, 4) is 5.75 Å². The SMILES string of the molecule is COc1ccc([N+](=O)[O-])cc1CNC1CCC(Nc2nc(N(C)C)c3ccccc3n2)CC1. The first-order valence-corrected chi connectivity index (χ1v) is 11.2. The van der Waals surface area contributed by atoms with Gasteiger partial charge in [-0.2, -0.15) is 4.98 Å². The Bertz CT molecular complexity index is 1130. The summed E-state index contributed by atoms with van der Waals surface area (Å²) in [5.74, 6) is 2.23. The molecule has 9 heteroatoms. The topological polar surface area (TPSA) is 105 Å². The molecule has 174 valence electrons. The van der Waals surface area contributed by atoms with Gasteiger partial charge in [0, 0.05) is 55.8 Å². The second kappa shape index (κ2) is 9.99. The third-order valence-electron chi connectivity index (χ3n) is 6.12. The Morgan fingerprint density at radius 1 is 1.09 bits per heavy atom. The van der Waals surface area contributed by atoms with Crippen LogP contribution in [0, 0.1) is 10.1 Å². The number of ether oxygens (including phenoxy) is 1. The Kier molecular flexibility index (Phi) is 6.88. The molecule has 0 saturated heterocycles. The summed E-state index contributed by atoms with van der Waals surface area (Å²) in [5.41, 5.74) is 1.81. The van der Waals surface area contributed by atoms with E-state index >= 15 is 0 Å². The lowest BCUT2D eigenvalue weighted by atomic mass is 9.91. The van der Waals surface area contributed by atoms with Gasteiger partial charge in [-0.15, -0.1) is 0 Å². The van der Waals surface area contributed by atoms with Crippen LogP contribution < -0.4 is 20.3 Å². The fourth-order valence-corrected chi connectivity index (χ4v) is 4.36. The van der Waals surface area contributed by atoms with Gasteiger partial charge in [0.2, 0.25) is 5.95 Å². The van der Waals surface area contributed by atoms with Gasteiger partial charge in [-0.05, 0) is 43.9 Å². The number of non-ortho nitro benzene ring substituents is 1.